The molecular weight excluding hydrogens is 282 g/mol. The van der Waals surface area contributed by atoms with Gasteiger partial charge in [-0.3, -0.25) is 0 Å². The molecule has 19 heavy (non-hydrogen) atoms. The minimum atomic E-state index is -3.46. The topological polar surface area (TPSA) is 37.4 Å². The van der Waals surface area contributed by atoms with Gasteiger partial charge in [-0.1, -0.05) is 24.3 Å². The lowest BCUT2D eigenvalue weighted by Gasteiger charge is -2.15. The second kappa shape index (κ2) is 6.25. The third-order valence-corrected chi connectivity index (χ3v) is 4.75. The van der Waals surface area contributed by atoms with Crippen molar-refractivity contribution in [2.75, 3.05) is 20.1 Å². The zero-order valence-corrected chi connectivity index (χ0v) is 12.8. The van der Waals surface area contributed by atoms with Crippen molar-refractivity contribution in [3.63, 3.8) is 0 Å². The number of rotatable bonds is 3. The Balaban J connectivity index is 2.05. The molecule has 0 saturated carbocycles. The Bertz CT molecular complexity index is 513. The van der Waals surface area contributed by atoms with Crippen LogP contribution in [0, 0.1) is 0 Å². The summed E-state index contributed by atoms with van der Waals surface area (Å²) in [5.41, 5.74) is 2.07. The van der Waals surface area contributed by atoms with Crippen LogP contribution in [0.2, 0.25) is 0 Å². The van der Waals surface area contributed by atoms with E-state index in [1.807, 2.05) is 24.3 Å². The molecule has 1 saturated heterocycles. The minimum Gasteiger partial charge on any atom is -0.306 e. The summed E-state index contributed by atoms with van der Waals surface area (Å²) in [6.45, 7) is 2.29. The lowest BCUT2D eigenvalue weighted by atomic mass is 9.91. The van der Waals surface area contributed by atoms with E-state index in [0.717, 1.165) is 12.1 Å². The first-order valence-electron chi connectivity index (χ1n) is 6.64. The van der Waals surface area contributed by atoms with Gasteiger partial charge in [-0.2, -0.15) is 0 Å². The molecular formula is C14H20ClNO2S. The maximum absolute atomic E-state index is 11.0. The lowest BCUT2D eigenvalue weighted by Crippen LogP contribution is -2.18. The van der Waals surface area contributed by atoms with Gasteiger partial charge in [-0.25, -0.2) is 8.42 Å². The maximum atomic E-state index is 11.0. The van der Waals surface area contributed by atoms with Gasteiger partial charge in [0.2, 0.25) is 9.05 Å². The Morgan fingerprint density at radius 1 is 1.21 bits per heavy atom. The highest BCUT2D eigenvalue weighted by atomic mass is 35.7. The van der Waals surface area contributed by atoms with Crippen LogP contribution < -0.4 is 0 Å². The van der Waals surface area contributed by atoms with Gasteiger partial charge in [-0.15, -0.1) is 0 Å². The van der Waals surface area contributed by atoms with E-state index in [2.05, 4.69) is 11.9 Å². The molecule has 0 amide bonds. The monoisotopic (exact) mass is 301 g/mol. The first kappa shape index (κ1) is 14.8. The molecule has 2 rings (SSSR count). The van der Waals surface area contributed by atoms with E-state index in [9.17, 15) is 8.42 Å². The van der Waals surface area contributed by atoms with Crippen molar-refractivity contribution >= 4 is 19.7 Å². The molecule has 3 nitrogen and oxygen atoms in total. The van der Waals surface area contributed by atoms with Crippen LogP contribution in [0.3, 0.4) is 0 Å². The quantitative estimate of drug-likeness (QED) is 0.806. The highest BCUT2D eigenvalue weighted by molar-refractivity contribution is 8.13. The number of benzene rings is 1. The summed E-state index contributed by atoms with van der Waals surface area (Å²) in [5.74, 6) is 0.494. The summed E-state index contributed by atoms with van der Waals surface area (Å²) in [4.78, 5) is 2.37. The van der Waals surface area contributed by atoms with Crippen LogP contribution in [-0.4, -0.2) is 33.5 Å². The van der Waals surface area contributed by atoms with Crippen molar-refractivity contribution in [3.05, 3.63) is 35.4 Å². The smallest absolute Gasteiger partial charge is 0.236 e. The van der Waals surface area contributed by atoms with Crippen molar-refractivity contribution in [2.24, 2.45) is 0 Å². The number of hydrogen-bond acceptors (Lipinski definition) is 3. The summed E-state index contributed by atoms with van der Waals surface area (Å²) >= 11 is 0. The molecule has 5 heteroatoms. The average Bonchev–Trinajstić information content (AvgIpc) is 2.53. The summed E-state index contributed by atoms with van der Waals surface area (Å²) in [6.07, 6.45) is 3.60. The van der Waals surface area contributed by atoms with Crippen molar-refractivity contribution in [1.29, 1.82) is 0 Å². The summed E-state index contributed by atoms with van der Waals surface area (Å²) in [6, 6.07) is 7.86. The third-order valence-electron chi connectivity index (χ3n) is 3.74. The SMILES string of the molecule is CN1CCCC(c2ccc(CS(=O)(=O)Cl)cc2)CC1. The second-order valence-corrected chi connectivity index (χ2v) is 8.13. The molecule has 0 spiro atoms. The molecule has 1 aromatic rings. The molecule has 0 bridgehead atoms. The molecule has 1 aliphatic heterocycles. The first-order chi connectivity index (χ1) is 8.94. The van der Waals surface area contributed by atoms with Crippen molar-refractivity contribution in [3.8, 4) is 0 Å². The normalized spacial score (nSPS) is 22.1. The number of likely N-dealkylation sites (tertiary alicyclic amines) is 1. The zero-order valence-electron chi connectivity index (χ0n) is 11.2. The van der Waals surface area contributed by atoms with Crippen LogP contribution in [0.5, 0.6) is 0 Å². The second-order valence-electron chi connectivity index (χ2n) is 5.36. The molecule has 0 N–H and O–H groups in total. The summed E-state index contributed by atoms with van der Waals surface area (Å²) in [5, 5.41) is 0. The molecule has 1 fully saturated rings. The Labute approximate surface area is 120 Å². The molecule has 0 aromatic heterocycles. The lowest BCUT2D eigenvalue weighted by molar-refractivity contribution is 0.347. The Morgan fingerprint density at radius 3 is 2.53 bits per heavy atom. The predicted octanol–water partition coefficient (Wildman–Crippen LogP) is 2.95. The number of nitrogens with zero attached hydrogens (tertiary/aromatic N) is 1. The van der Waals surface area contributed by atoms with Gasteiger partial charge >= 0.3 is 0 Å². The zero-order chi connectivity index (χ0) is 13.9. The molecule has 106 valence electrons. The molecule has 1 unspecified atom stereocenters. The Morgan fingerprint density at radius 2 is 1.89 bits per heavy atom. The fourth-order valence-electron chi connectivity index (χ4n) is 2.66. The van der Waals surface area contributed by atoms with Gasteiger partial charge in [0.25, 0.3) is 0 Å². The van der Waals surface area contributed by atoms with Gasteiger partial charge in [-0.05, 0) is 56.4 Å². The van der Waals surface area contributed by atoms with E-state index in [4.69, 9.17) is 10.7 Å². The molecule has 0 aliphatic carbocycles. The standard InChI is InChI=1S/C14H20ClNO2S/c1-16-9-2-3-13(8-10-16)14-6-4-12(5-7-14)11-19(15,17)18/h4-7,13H,2-3,8-11H2,1H3. The summed E-state index contributed by atoms with van der Waals surface area (Å²) < 4.78 is 22.1. The van der Waals surface area contributed by atoms with Crippen molar-refractivity contribution < 1.29 is 8.42 Å². The Hall–Kier alpha value is -0.580. The van der Waals surface area contributed by atoms with Crippen LogP contribution in [0.4, 0.5) is 0 Å². The average molecular weight is 302 g/mol. The van der Waals surface area contributed by atoms with Crippen LogP contribution in [0.25, 0.3) is 0 Å². The van der Waals surface area contributed by atoms with Gasteiger partial charge in [0, 0.05) is 10.7 Å². The van der Waals surface area contributed by atoms with Crippen molar-refractivity contribution in [2.45, 2.75) is 30.9 Å². The van der Waals surface area contributed by atoms with E-state index >= 15 is 0 Å². The van der Waals surface area contributed by atoms with Crippen LogP contribution in [0.15, 0.2) is 24.3 Å². The largest absolute Gasteiger partial charge is 0.306 e. The van der Waals surface area contributed by atoms with Crippen molar-refractivity contribution in [1.82, 2.24) is 4.90 Å². The van der Waals surface area contributed by atoms with E-state index in [1.165, 1.54) is 31.4 Å². The van der Waals surface area contributed by atoms with E-state index in [-0.39, 0.29) is 5.75 Å². The number of halogens is 1. The van der Waals surface area contributed by atoms with Crippen LogP contribution in [0.1, 0.15) is 36.3 Å². The van der Waals surface area contributed by atoms with E-state index < -0.39 is 9.05 Å². The summed E-state index contributed by atoms with van der Waals surface area (Å²) in [7, 11) is 3.96. The van der Waals surface area contributed by atoms with Gasteiger partial charge in [0.05, 0.1) is 5.75 Å². The van der Waals surface area contributed by atoms with Gasteiger partial charge < -0.3 is 4.90 Å². The molecule has 1 aromatic carbocycles. The minimum absolute atomic E-state index is 0.0950. The van der Waals surface area contributed by atoms with E-state index in [1.54, 1.807) is 0 Å². The molecule has 1 atom stereocenters. The third kappa shape index (κ3) is 4.79. The van der Waals surface area contributed by atoms with E-state index in [0.29, 0.717) is 5.92 Å². The molecule has 1 heterocycles. The van der Waals surface area contributed by atoms with Gasteiger partial charge in [0.1, 0.15) is 0 Å². The maximum Gasteiger partial charge on any atom is 0.236 e. The predicted molar refractivity (Wildman–Crippen MR) is 79.0 cm³/mol. The Kier molecular flexibility index (Phi) is 4.87. The van der Waals surface area contributed by atoms with Gasteiger partial charge in [0.15, 0.2) is 0 Å². The fraction of sp³-hybridized carbons (Fsp3) is 0.571. The fourth-order valence-corrected chi connectivity index (χ4v) is 3.63. The number of hydrogen-bond donors (Lipinski definition) is 0. The highest BCUT2D eigenvalue weighted by Crippen LogP contribution is 2.28. The highest BCUT2D eigenvalue weighted by Gasteiger charge is 2.16. The van der Waals surface area contributed by atoms with Crippen LogP contribution >= 0.6 is 10.7 Å². The van der Waals surface area contributed by atoms with Crippen LogP contribution in [-0.2, 0) is 14.8 Å². The molecule has 0 radical (unpaired) electrons. The first-order valence-corrected chi connectivity index (χ1v) is 9.11. The molecule has 1 aliphatic rings.